The van der Waals surface area contributed by atoms with E-state index in [2.05, 4.69) is 22.1 Å². The summed E-state index contributed by atoms with van der Waals surface area (Å²) in [6.45, 7) is 3.32. The van der Waals surface area contributed by atoms with Gasteiger partial charge in [0.05, 0.1) is 13.3 Å². The molecule has 0 spiro atoms. The molecule has 0 aliphatic heterocycles. The smallest absolute Gasteiger partial charge is 0.257 e. The number of nitrogens with zero attached hydrogens (tertiary/aromatic N) is 2. The van der Waals surface area contributed by atoms with Gasteiger partial charge in [0, 0.05) is 0 Å². The number of carbonyl (C=O) groups is 1. The van der Waals surface area contributed by atoms with Gasteiger partial charge in [-0.2, -0.15) is 5.10 Å². The van der Waals surface area contributed by atoms with Crippen LogP contribution in [0.5, 0.6) is 5.88 Å². The van der Waals surface area contributed by atoms with E-state index in [0.29, 0.717) is 5.69 Å². The molecule has 5 nitrogen and oxygen atoms in total. The summed E-state index contributed by atoms with van der Waals surface area (Å²) in [5.41, 5.74) is 0.474. The van der Waals surface area contributed by atoms with Crippen LogP contribution in [0.3, 0.4) is 0 Å². The molecule has 1 N–H and O–H groups in total. The largest absolute Gasteiger partial charge is 0.478 e. The number of rotatable bonds is 3. The molecule has 1 amide bonds. The molecule has 0 aliphatic rings. The van der Waals surface area contributed by atoms with Gasteiger partial charge in [0.15, 0.2) is 0 Å². The van der Waals surface area contributed by atoms with E-state index < -0.39 is 0 Å². The molecule has 1 aromatic heterocycles. The summed E-state index contributed by atoms with van der Waals surface area (Å²) < 4.78 is 4.87. The zero-order chi connectivity index (χ0) is 9.68. The van der Waals surface area contributed by atoms with E-state index in [1.165, 1.54) is 19.4 Å². The van der Waals surface area contributed by atoms with Gasteiger partial charge in [-0.1, -0.05) is 6.58 Å². The van der Waals surface area contributed by atoms with Crippen LogP contribution in [-0.4, -0.2) is 23.2 Å². The van der Waals surface area contributed by atoms with Gasteiger partial charge in [0.25, 0.3) is 5.88 Å². The van der Waals surface area contributed by atoms with Crippen molar-refractivity contribution >= 4 is 11.6 Å². The summed E-state index contributed by atoms with van der Waals surface area (Å²) in [6.07, 6.45) is 2.63. The second-order valence-electron chi connectivity index (χ2n) is 2.15. The quantitative estimate of drug-likeness (QED) is 0.690. The van der Waals surface area contributed by atoms with Gasteiger partial charge in [0.2, 0.25) is 5.91 Å². The van der Waals surface area contributed by atoms with Crippen LogP contribution in [0.15, 0.2) is 24.9 Å². The molecule has 0 fully saturated rings. The van der Waals surface area contributed by atoms with Crippen LogP contribution in [0.2, 0.25) is 0 Å². The summed E-state index contributed by atoms with van der Waals surface area (Å²) in [4.78, 5) is 10.9. The Labute approximate surface area is 75.4 Å². The van der Waals surface area contributed by atoms with E-state index in [-0.39, 0.29) is 11.8 Å². The van der Waals surface area contributed by atoms with Gasteiger partial charge in [-0.15, -0.1) is 5.10 Å². The Balaban J connectivity index is 2.86. The minimum atomic E-state index is -0.314. The maximum atomic E-state index is 10.9. The second-order valence-corrected chi connectivity index (χ2v) is 2.15. The second kappa shape index (κ2) is 4.20. The van der Waals surface area contributed by atoms with Gasteiger partial charge in [-0.25, -0.2) is 0 Å². The van der Waals surface area contributed by atoms with Gasteiger partial charge in [-0.3, -0.25) is 4.79 Å². The molecule has 1 aromatic rings. The van der Waals surface area contributed by atoms with Gasteiger partial charge < -0.3 is 10.1 Å². The zero-order valence-electron chi connectivity index (χ0n) is 7.15. The molecule has 68 valence electrons. The fourth-order valence-electron chi connectivity index (χ4n) is 0.748. The van der Waals surface area contributed by atoms with Crippen molar-refractivity contribution in [2.45, 2.75) is 0 Å². The summed E-state index contributed by atoms with van der Waals surface area (Å²) in [5, 5.41) is 9.79. The average molecular weight is 179 g/mol. The number of anilines is 1. The number of ether oxygens (including phenoxy) is 1. The van der Waals surface area contributed by atoms with Crippen molar-refractivity contribution in [2.75, 3.05) is 12.4 Å². The van der Waals surface area contributed by atoms with Crippen LogP contribution in [0.25, 0.3) is 0 Å². The van der Waals surface area contributed by atoms with Crippen LogP contribution in [0.1, 0.15) is 0 Å². The first-order valence-electron chi connectivity index (χ1n) is 3.57. The lowest BCUT2D eigenvalue weighted by atomic mass is 10.4. The normalized spacial score (nSPS) is 9.00. The maximum absolute atomic E-state index is 10.9. The molecule has 1 heterocycles. The van der Waals surface area contributed by atoms with E-state index >= 15 is 0 Å². The summed E-state index contributed by atoms with van der Waals surface area (Å²) >= 11 is 0. The molecule has 0 radical (unpaired) electrons. The van der Waals surface area contributed by atoms with Gasteiger partial charge in [0.1, 0.15) is 5.69 Å². The molecule has 1 rings (SSSR count). The Morgan fingerprint density at radius 1 is 1.77 bits per heavy atom. The van der Waals surface area contributed by atoms with E-state index in [9.17, 15) is 4.79 Å². The zero-order valence-corrected chi connectivity index (χ0v) is 7.15. The molecule has 0 bridgehead atoms. The Morgan fingerprint density at radius 3 is 3.15 bits per heavy atom. The molecule has 5 heteroatoms. The van der Waals surface area contributed by atoms with Crippen molar-refractivity contribution in [1.29, 1.82) is 0 Å². The molecule has 0 unspecified atom stereocenters. The van der Waals surface area contributed by atoms with E-state index in [4.69, 9.17) is 4.74 Å². The fraction of sp³-hybridized carbons (Fsp3) is 0.125. The standard InChI is InChI=1S/C8H9N3O2/c1-3-7(12)10-6-4-5-9-11-8(6)13-2/h3-5H,1H2,2H3,(H,9,10,12). The molecule has 0 saturated carbocycles. The first-order valence-corrected chi connectivity index (χ1v) is 3.57. The minimum Gasteiger partial charge on any atom is -0.478 e. The Kier molecular flexibility index (Phi) is 2.97. The van der Waals surface area contributed by atoms with Crippen molar-refractivity contribution in [2.24, 2.45) is 0 Å². The van der Waals surface area contributed by atoms with Crippen LogP contribution >= 0.6 is 0 Å². The average Bonchev–Trinajstić information content (AvgIpc) is 2.18. The van der Waals surface area contributed by atoms with Crippen LogP contribution < -0.4 is 10.1 Å². The fourth-order valence-corrected chi connectivity index (χ4v) is 0.748. The van der Waals surface area contributed by atoms with Crippen LogP contribution in [-0.2, 0) is 4.79 Å². The highest BCUT2D eigenvalue weighted by Crippen LogP contribution is 2.18. The Morgan fingerprint density at radius 2 is 2.54 bits per heavy atom. The molecule has 0 aliphatic carbocycles. The van der Waals surface area contributed by atoms with Gasteiger partial charge >= 0.3 is 0 Å². The number of hydrogen-bond acceptors (Lipinski definition) is 4. The van der Waals surface area contributed by atoms with Gasteiger partial charge in [-0.05, 0) is 12.1 Å². The third-order valence-corrected chi connectivity index (χ3v) is 1.32. The van der Waals surface area contributed by atoms with E-state index in [1.807, 2.05) is 0 Å². The predicted molar refractivity (Wildman–Crippen MR) is 47.4 cm³/mol. The van der Waals surface area contributed by atoms with Crippen molar-refractivity contribution in [3.05, 3.63) is 24.9 Å². The minimum absolute atomic E-state index is 0.276. The van der Waals surface area contributed by atoms with E-state index in [1.54, 1.807) is 6.07 Å². The highest BCUT2D eigenvalue weighted by molar-refractivity contribution is 5.99. The highest BCUT2D eigenvalue weighted by atomic mass is 16.5. The van der Waals surface area contributed by atoms with E-state index in [0.717, 1.165) is 0 Å². The molecular formula is C8H9N3O2. The summed E-state index contributed by atoms with van der Waals surface area (Å²) in [5.74, 6) is -0.0380. The molecule has 0 atom stereocenters. The number of amides is 1. The third-order valence-electron chi connectivity index (χ3n) is 1.32. The lowest BCUT2D eigenvalue weighted by molar-refractivity contribution is -0.111. The first kappa shape index (κ1) is 9.18. The maximum Gasteiger partial charge on any atom is 0.257 e. The predicted octanol–water partition coefficient (Wildman–Crippen LogP) is 0.610. The third kappa shape index (κ3) is 2.26. The first-order chi connectivity index (χ1) is 6.27. The van der Waals surface area contributed by atoms with Crippen molar-refractivity contribution in [3.8, 4) is 5.88 Å². The number of nitrogens with one attached hydrogen (secondary N) is 1. The molecule has 13 heavy (non-hydrogen) atoms. The molecular weight excluding hydrogens is 170 g/mol. The Hall–Kier alpha value is -1.91. The number of carbonyl (C=O) groups excluding carboxylic acids is 1. The Bertz CT molecular complexity index is 325. The van der Waals surface area contributed by atoms with Crippen molar-refractivity contribution < 1.29 is 9.53 Å². The lowest BCUT2D eigenvalue weighted by Gasteiger charge is -2.04. The number of aromatic nitrogens is 2. The lowest BCUT2D eigenvalue weighted by Crippen LogP contribution is -2.09. The summed E-state index contributed by atoms with van der Waals surface area (Å²) in [6, 6.07) is 1.59. The number of hydrogen-bond donors (Lipinski definition) is 1. The van der Waals surface area contributed by atoms with Crippen LogP contribution in [0, 0.1) is 0 Å². The topological polar surface area (TPSA) is 64.1 Å². The van der Waals surface area contributed by atoms with Crippen molar-refractivity contribution in [3.63, 3.8) is 0 Å². The SMILES string of the molecule is C=CC(=O)Nc1ccnnc1OC. The highest BCUT2D eigenvalue weighted by Gasteiger charge is 2.04. The number of methoxy groups -OCH3 is 1. The van der Waals surface area contributed by atoms with Crippen LogP contribution in [0.4, 0.5) is 5.69 Å². The van der Waals surface area contributed by atoms with Crippen molar-refractivity contribution in [1.82, 2.24) is 10.2 Å². The molecule has 0 aromatic carbocycles. The monoisotopic (exact) mass is 179 g/mol. The summed E-state index contributed by atoms with van der Waals surface area (Å²) in [7, 11) is 1.45. The molecule has 0 saturated heterocycles.